The van der Waals surface area contributed by atoms with Crippen molar-refractivity contribution in [3.05, 3.63) is 53.1 Å². The molecule has 27 heavy (non-hydrogen) atoms. The minimum absolute atomic E-state index is 0.116. The van der Waals surface area contributed by atoms with Crippen LogP contribution in [0.4, 0.5) is 0 Å². The van der Waals surface area contributed by atoms with Crippen LogP contribution in [0.2, 0.25) is 0 Å². The second-order valence-corrected chi connectivity index (χ2v) is 6.34. The number of nitrogens with zero attached hydrogens (tertiary/aromatic N) is 1. The number of aryl methyl sites for hydroxylation is 1. The van der Waals surface area contributed by atoms with Crippen molar-refractivity contribution >= 4 is 12.1 Å². The van der Waals surface area contributed by atoms with E-state index in [1.165, 1.54) is 11.8 Å². The van der Waals surface area contributed by atoms with Crippen LogP contribution in [0.5, 0.6) is 17.2 Å². The summed E-state index contributed by atoms with van der Waals surface area (Å²) in [5, 5.41) is 3.97. The van der Waals surface area contributed by atoms with Crippen LogP contribution in [0.15, 0.2) is 41.5 Å². The first-order chi connectivity index (χ1) is 13.0. The lowest BCUT2D eigenvalue weighted by atomic mass is 10.0. The van der Waals surface area contributed by atoms with Crippen molar-refractivity contribution in [2.45, 2.75) is 26.7 Å². The van der Waals surface area contributed by atoms with Gasteiger partial charge < -0.3 is 14.2 Å². The third kappa shape index (κ3) is 5.48. The van der Waals surface area contributed by atoms with Gasteiger partial charge in [-0.1, -0.05) is 32.0 Å². The molecule has 2 rings (SSSR count). The molecule has 0 unspecified atom stereocenters. The summed E-state index contributed by atoms with van der Waals surface area (Å²) in [6.07, 6.45) is 1.50. The second-order valence-electron chi connectivity index (χ2n) is 6.34. The summed E-state index contributed by atoms with van der Waals surface area (Å²) < 4.78 is 16.2. The van der Waals surface area contributed by atoms with Crippen LogP contribution in [0.1, 0.15) is 36.5 Å². The highest BCUT2D eigenvalue weighted by Gasteiger charge is 2.09. The summed E-state index contributed by atoms with van der Waals surface area (Å²) in [4.78, 5) is 12.0. The standard InChI is InChI=1S/C21H26N2O4/c1-14(2)16-10-9-15(3)19(11-16)27-13-20(24)23-22-12-17-7-6-8-18(25-4)21(17)26-5/h6-12,14H,13H2,1-5H3,(H,23,24)/b22-12+. The van der Waals surface area contributed by atoms with Gasteiger partial charge in [-0.3, -0.25) is 4.79 Å². The highest BCUT2D eigenvalue weighted by molar-refractivity contribution is 5.86. The molecule has 0 radical (unpaired) electrons. The van der Waals surface area contributed by atoms with Crippen molar-refractivity contribution in [2.75, 3.05) is 20.8 Å². The van der Waals surface area contributed by atoms with E-state index in [1.807, 2.05) is 31.2 Å². The molecular formula is C21H26N2O4. The molecule has 0 heterocycles. The van der Waals surface area contributed by atoms with Gasteiger partial charge >= 0.3 is 0 Å². The fourth-order valence-corrected chi connectivity index (χ4v) is 2.49. The highest BCUT2D eigenvalue weighted by atomic mass is 16.5. The highest BCUT2D eigenvalue weighted by Crippen LogP contribution is 2.29. The van der Waals surface area contributed by atoms with Gasteiger partial charge in [-0.25, -0.2) is 5.43 Å². The lowest BCUT2D eigenvalue weighted by Gasteiger charge is -2.12. The third-order valence-corrected chi connectivity index (χ3v) is 4.06. The molecule has 0 saturated heterocycles. The molecule has 0 aliphatic heterocycles. The maximum Gasteiger partial charge on any atom is 0.277 e. The van der Waals surface area contributed by atoms with Gasteiger partial charge in [0, 0.05) is 5.56 Å². The van der Waals surface area contributed by atoms with Crippen molar-refractivity contribution < 1.29 is 19.0 Å². The number of hydrogen-bond donors (Lipinski definition) is 1. The Morgan fingerprint density at radius 3 is 2.59 bits per heavy atom. The number of nitrogens with one attached hydrogen (secondary N) is 1. The number of hydrazone groups is 1. The van der Waals surface area contributed by atoms with Crippen molar-refractivity contribution in [1.82, 2.24) is 5.43 Å². The van der Waals surface area contributed by atoms with Gasteiger partial charge in [0.15, 0.2) is 18.1 Å². The van der Waals surface area contributed by atoms with E-state index in [-0.39, 0.29) is 12.5 Å². The first-order valence-corrected chi connectivity index (χ1v) is 8.72. The zero-order valence-corrected chi connectivity index (χ0v) is 16.4. The van der Waals surface area contributed by atoms with Crippen LogP contribution in [-0.4, -0.2) is 32.9 Å². The zero-order chi connectivity index (χ0) is 19.8. The summed E-state index contributed by atoms with van der Waals surface area (Å²) in [6.45, 7) is 6.06. The normalized spacial score (nSPS) is 10.9. The minimum Gasteiger partial charge on any atom is -0.493 e. The van der Waals surface area contributed by atoms with Crippen LogP contribution >= 0.6 is 0 Å². The Bertz CT molecular complexity index is 816. The summed E-state index contributed by atoms with van der Waals surface area (Å²) in [5.41, 5.74) is 5.30. The van der Waals surface area contributed by atoms with E-state index in [0.717, 1.165) is 5.56 Å². The number of methoxy groups -OCH3 is 2. The van der Waals surface area contributed by atoms with Gasteiger partial charge in [0.05, 0.1) is 20.4 Å². The van der Waals surface area contributed by atoms with E-state index in [1.54, 1.807) is 20.3 Å². The lowest BCUT2D eigenvalue weighted by Crippen LogP contribution is -2.24. The Morgan fingerprint density at radius 1 is 1.15 bits per heavy atom. The van der Waals surface area contributed by atoms with Gasteiger partial charge in [0.2, 0.25) is 0 Å². The number of para-hydroxylation sites is 1. The fraction of sp³-hybridized carbons (Fsp3) is 0.333. The molecule has 0 aliphatic rings. The molecule has 2 aromatic carbocycles. The number of hydrogen-bond acceptors (Lipinski definition) is 5. The SMILES string of the molecule is COc1cccc(/C=N/NC(=O)COc2cc(C(C)C)ccc2C)c1OC. The van der Waals surface area contributed by atoms with Gasteiger partial charge in [0.1, 0.15) is 5.75 Å². The van der Waals surface area contributed by atoms with E-state index in [4.69, 9.17) is 14.2 Å². The Kier molecular flexibility index (Phi) is 7.23. The topological polar surface area (TPSA) is 69.2 Å². The fourth-order valence-electron chi connectivity index (χ4n) is 2.49. The van der Waals surface area contributed by atoms with Gasteiger partial charge in [0.25, 0.3) is 5.91 Å². The lowest BCUT2D eigenvalue weighted by molar-refractivity contribution is -0.123. The first kappa shape index (κ1) is 20.3. The Morgan fingerprint density at radius 2 is 1.93 bits per heavy atom. The van der Waals surface area contributed by atoms with Crippen molar-refractivity contribution in [3.63, 3.8) is 0 Å². The molecular weight excluding hydrogens is 344 g/mol. The van der Waals surface area contributed by atoms with Crippen molar-refractivity contribution in [3.8, 4) is 17.2 Å². The predicted octanol–water partition coefficient (Wildman–Crippen LogP) is 3.66. The van der Waals surface area contributed by atoms with Crippen molar-refractivity contribution in [1.29, 1.82) is 0 Å². The monoisotopic (exact) mass is 370 g/mol. The summed E-state index contributed by atoms with van der Waals surface area (Å²) >= 11 is 0. The number of amides is 1. The maximum atomic E-state index is 12.0. The molecule has 2 aromatic rings. The molecule has 0 aromatic heterocycles. The number of carbonyl (C=O) groups excluding carboxylic acids is 1. The molecule has 0 saturated carbocycles. The van der Waals surface area contributed by atoms with Crippen LogP contribution in [0, 0.1) is 6.92 Å². The van der Waals surface area contributed by atoms with Crippen LogP contribution < -0.4 is 19.6 Å². The van der Waals surface area contributed by atoms with Gasteiger partial charge in [-0.15, -0.1) is 0 Å². The molecule has 6 heteroatoms. The summed E-state index contributed by atoms with van der Waals surface area (Å²) in [5.74, 6) is 1.90. The average molecular weight is 370 g/mol. The number of benzene rings is 2. The van der Waals surface area contributed by atoms with Crippen LogP contribution in [-0.2, 0) is 4.79 Å². The Balaban J connectivity index is 1.96. The number of rotatable bonds is 8. The molecule has 6 nitrogen and oxygen atoms in total. The average Bonchev–Trinajstić information content (AvgIpc) is 2.66. The summed E-state index contributed by atoms with van der Waals surface area (Å²) in [6, 6.07) is 11.5. The summed E-state index contributed by atoms with van der Waals surface area (Å²) in [7, 11) is 3.11. The third-order valence-electron chi connectivity index (χ3n) is 4.06. The number of ether oxygens (including phenoxy) is 3. The van der Waals surface area contributed by atoms with Gasteiger partial charge in [-0.05, 0) is 42.2 Å². The van der Waals surface area contributed by atoms with Gasteiger partial charge in [-0.2, -0.15) is 5.10 Å². The Labute approximate surface area is 160 Å². The molecule has 0 bridgehead atoms. The van der Waals surface area contributed by atoms with E-state index >= 15 is 0 Å². The molecule has 0 spiro atoms. The largest absolute Gasteiger partial charge is 0.493 e. The maximum absolute atomic E-state index is 12.0. The van der Waals surface area contributed by atoms with E-state index < -0.39 is 0 Å². The van der Waals surface area contributed by atoms with E-state index in [2.05, 4.69) is 30.4 Å². The minimum atomic E-state index is -0.345. The molecule has 144 valence electrons. The molecule has 1 amide bonds. The number of carbonyl (C=O) groups is 1. The van der Waals surface area contributed by atoms with E-state index in [9.17, 15) is 4.79 Å². The quantitative estimate of drug-likeness (QED) is 0.569. The second kappa shape index (κ2) is 9.62. The molecule has 1 N–H and O–H groups in total. The van der Waals surface area contributed by atoms with Crippen molar-refractivity contribution in [2.24, 2.45) is 5.10 Å². The van der Waals surface area contributed by atoms with E-state index in [0.29, 0.717) is 28.7 Å². The molecule has 0 atom stereocenters. The Hall–Kier alpha value is -3.02. The van der Waals surface area contributed by atoms with Crippen LogP contribution in [0.3, 0.4) is 0 Å². The zero-order valence-electron chi connectivity index (χ0n) is 16.4. The van der Waals surface area contributed by atoms with Crippen LogP contribution in [0.25, 0.3) is 0 Å². The first-order valence-electron chi connectivity index (χ1n) is 8.72. The molecule has 0 aliphatic carbocycles. The smallest absolute Gasteiger partial charge is 0.277 e. The predicted molar refractivity (Wildman–Crippen MR) is 106 cm³/mol. The molecule has 0 fully saturated rings.